The van der Waals surface area contributed by atoms with E-state index in [0.29, 0.717) is 28.0 Å². The van der Waals surface area contributed by atoms with Crippen LogP contribution >= 0.6 is 11.3 Å². The first-order valence-corrected chi connectivity index (χ1v) is 9.89. The van der Waals surface area contributed by atoms with Crippen LogP contribution in [0.15, 0.2) is 41.3 Å². The zero-order valence-corrected chi connectivity index (χ0v) is 16.5. The molecule has 0 spiro atoms. The number of benzene rings is 1. The van der Waals surface area contributed by atoms with Crippen LogP contribution in [0.5, 0.6) is 0 Å². The van der Waals surface area contributed by atoms with Crippen LogP contribution in [0.1, 0.15) is 35.5 Å². The molecule has 146 valence electrons. The molecule has 8 heteroatoms. The van der Waals surface area contributed by atoms with Crippen molar-refractivity contribution in [3.63, 3.8) is 0 Å². The van der Waals surface area contributed by atoms with Gasteiger partial charge in [0.2, 0.25) is 11.3 Å². The molecule has 28 heavy (non-hydrogen) atoms. The lowest BCUT2D eigenvalue weighted by atomic mass is 10.2. The van der Waals surface area contributed by atoms with Crippen molar-refractivity contribution in [3.05, 3.63) is 57.2 Å². The highest BCUT2D eigenvalue weighted by atomic mass is 32.1. The molecule has 3 rings (SSSR count). The summed E-state index contributed by atoms with van der Waals surface area (Å²) in [6, 6.07) is 8.91. The number of hydrogen-bond acceptors (Lipinski definition) is 6. The number of esters is 1. The summed E-state index contributed by atoms with van der Waals surface area (Å²) in [6.07, 6.45) is 2.17. The highest BCUT2D eigenvalue weighted by Crippen LogP contribution is 2.29. The van der Waals surface area contributed by atoms with Crippen LogP contribution in [0.25, 0.3) is 10.9 Å². The minimum Gasteiger partial charge on any atom is -0.462 e. The third kappa shape index (κ3) is 4.28. The summed E-state index contributed by atoms with van der Waals surface area (Å²) in [5.41, 5.74) is 0.907. The summed E-state index contributed by atoms with van der Waals surface area (Å²) in [7, 11) is 0. The maximum absolute atomic E-state index is 12.5. The smallest absolute Gasteiger partial charge is 0.341 e. The summed E-state index contributed by atoms with van der Waals surface area (Å²) in [6.45, 7) is 4.31. The molecule has 1 amide bonds. The first kappa shape index (κ1) is 19.8. The molecule has 7 nitrogen and oxygen atoms in total. The molecule has 3 aromatic rings. The number of ether oxygens (including phenoxy) is 1. The molecule has 0 bridgehead atoms. The Labute approximate surface area is 165 Å². The number of hydrogen-bond donors (Lipinski definition) is 1. The van der Waals surface area contributed by atoms with Gasteiger partial charge >= 0.3 is 5.97 Å². The van der Waals surface area contributed by atoms with Gasteiger partial charge in [0.25, 0.3) is 0 Å². The van der Waals surface area contributed by atoms with E-state index in [-0.39, 0.29) is 24.4 Å². The summed E-state index contributed by atoms with van der Waals surface area (Å²) in [5, 5.41) is 8.00. The number of carbonyl (C=O) groups is 2. The number of aryl methyl sites for hydroxylation is 2. The molecule has 0 aliphatic heterocycles. The van der Waals surface area contributed by atoms with Crippen molar-refractivity contribution < 1.29 is 14.3 Å². The molecular formula is C20H21N3O4S. The lowest BCUT2D eigenvalue weighted by molar-refractivity contribution is -0.116. The SMILES string of the molecule is CCOC(=O)c1cc(CC)sc1NC(=O)CCn1ncc(=O)c2ccccc21. The van der Waals surface area contributed by atoms with Gasteiger partial charge in [-0.25, -0.2) is 4.79 Å². The van der Waals surface area contributed by atoms with Gasteiger partial charge < -0.3 is 10.1 Å². The van der Waals surface area contributed by atoms with Gasteiger partial charge in [-0.3, -0.25) is 14.3 Å². The molecule has 2 aromatic heterocycles. The minimum atomic E-state index is -0.443. The van der Waals surface area contributed by atoms with Crippen molar-refractivity contribution in [2.24, 2.45) is 0 Å². The second-order valence-corrected chi connectivity index (χ2v) is 7.21. The Kier molecular flexibility index (Phi) is 6.20. The van der Waals surface area contributed by atoms with E-state index in [0.717, 1.165) is 11.3 Å². The molecule has 0 unspecified atom stereocenters. The molecular weight excluding hydrogens is 378 g/mol. The van der Waals surface area contributed by atoms with Crippen LogP contribution in [0, 0.1) is 0 Å². The summed E-state index contributed by atoms with van der Waals surface area (Å²) < 4.78 is 6.70. The number of amides is 1. The molecule has 0 radical (unpaired) electrons. The molecule has 1 N–H and O–H groups in total. The van der Waals surface area contributed by atoms with Crippen LogP contribution in [0.4, 0.5) is 5.00 Å². The molecule has 0 saturated carbocycles. The van der Waals surface area contributed by atoms with Crippen LogP contribution in [-0.4, -0.2) is 28.3 Å². The Morgan fingerprint density at radius 3 is 2.79 bits per heavy atom. The van der Waals surface area contributed by atoms with E-state index in [2.05, 4.69) is 10.4 Å². The molecule has 0 aliphatic rings. The second kappa shape index (κ2) is 8.79. The van der Waals surface area contributed by atoms with Gasteiger partial charge in [0.1, 0.15) is 5.00 Å². The number of para-hydroxylation sites is 1. The molecule has 1 aromatic carbocycles. The Morgan fingerprint density at radius 2 is 2.04 bits per heavy atom. The van der Waals surface area contributed by atoms with Gasteiger partial charge in [0.05, 0.1) is 30.4 Å². The third-order valence-electron chi connectivity index (χ3n) is 4.19. The normalized spacial score (nSPS) is 10.8. The number of nitrogens with zero attached hydrogens (tertiary/aromatic N) is 2. The number of carbonyl (C=O) groups excluding carboxylic acids is 2. The number of nitrogens with one attached hydrogen (secondary N) is 1. The van der Waals surface area contributed by atoms with Crippen molar-refractivity contribution in [3.8, 4) is 0 Å². The van der Waals surface area contributed by atoms with Crippen LogP contribution in [-0.2, 0) is 22.5 Å². The lowest BCUT2D eigenvalue weighted by Crippen LogP contribution is -2.18. The van der Waals surface area contributed by atoms with Gasteiger partial charge in [0.15, 0.2) is 0 Å². The highest BCUT2D eigenvalue weighted by molar-refractivity contribution is 7.16. The zero-order chi connectivity index (χ0) is 20.1. The van der Waals surface area contributed by atoms with Crippen molar-refractivity contribution in [1.82, 2.24) is 9.78 Å². The monoisotopic (exact) mass is 399 g/mol. The van der Waals surface area contributed by atoms with Crippen molar-refractivity contribution in [2.75, 3.05) is 11.9 Å². The maximum atomic E-state index is 12.5. The van der Waals surface area contributed by atoms with Crippen LogP contribution < -0.4 is 10.7 Å². The predicted molar refractivity (Wildman–Crippen MR) is 109 cm³/mol. The molecule has 0 aliphatic carbocycles. The lowest BCUT2D eigenvalue weighted by Gasteiger charge is -2.09. The first-order valence-electron chi connectivity index (χ1n) is 9.08. The zero-order valence-electron chi connectivity index (χ0n) is 15.7. The van der Waals surface area contributed by atoms with E-state index < -0.39 is 5.97 Å². The van der Waals surface area contributed by atoms with Crippen molar-refractivity contribution >= 4 is 39.1 Å². The number of anilines is 1. The molecule has 2 heterocycles. The highest BCUT2D eigenvalue weighted by Gasteiger charge is 2.18. The van der Waals surface area contributed by atoms with Gasteiger partial charge in [-0.2, -0.15) is 5.10 Å². The Bertz CT molecular complexity index is 1070. The van der Waals surface area contributed by atoms with E-state index in [4.69, 9.17) is 4.74 Å². The fourth-order valence-electron chi connectivity index (χ4n) is 2.81. The van der Waals surface area contributed by atoms with E-state index in [1.807, 2.05) is 13.0 Å². The fraction of sp³-hybridized carbons (Fsp3) is 0.300. The number of aromatic nitrogens is 2. The average Bonchev–Trinajstić information content (AvgIpc) is 3.11. The Balaban J connectivity index is 1.74. The quantitative estimate of drug-likeness (QED) is 0.616. The largest absolute Gasteiger partial charge is 0.462 e. The first-order chi connectivity index (χ1) is 13.5. The van der Waals surface area contributed by atoms with Gasteiger partial charge in [0, 0.05) is 16.7 Å². The topological polar surface area (TPSA) is 90.3 Å². The summed E-state index contributed by atoms with van der Waals surface area (Å²) in [4.78, 5) is 37.5. The predicted octanol–water partition coefficient (Wildman–Crippen LogP) is 3.23. The Morgan fingerprint density at radius 1 is 1.25 bits per heavy atom. The van der Waals surface area contributed by atoms with Crippen LogP contribution in [0.3, 0.4) is 0 Å². The fourth-order valence-corrected chi connectivity index (χ4v) is 3.81. The third-order valence-corrected chi connectivity index (χ3v) is 5.39. The van der Waals surface area contributed by atoms with E-state index in [1.165, 1.54) is 17.5 Å². The molecule has 0 atom stereocenters. The molecule has 0 saturated heterocycles. The Hall–Kier alpha value is -3.00. The average molecular weight is 399 g/mol. The van der Waals surface area contributed by atoms with Gasteiger partial charge in [-0.1, -0.05) is 19.1 Å². The van der Waals surface area contributed by atoms with E-state index >= 15 is 0 Å². The van der Waals surface area contributed by atoms with Crippen LogP contribution in [0.2, 0.25) is 0 Å². The van der Waals surface area contributed by atoms with Gasteiger partial charge in [-0.15, -0.1) is 11.3 Å². The maximum Gasteiger partial charge on any atom is 0.341 e. The summed E-state index contributed by atoms with van der Waals surface area (Å²) in [5.74, 6) is -0.679. The number of fused-ring (bicyclic) bond motifs is 1. The molecule has 0 fully saturated rings. The van der Waals surface area contributed by atoms with Crippen molar-refractivity contribution in [1.29, 1.82) is 0 Å². The number of rotatable bonds is 7. The van der Waals surface area contributed by atoms with Gasteiger partial charge in [-0.05, 0) is 31.5 Å². The summed E-state index contributed by atoms with van der Waals surface area (Å²) >= 11 is 1.37. The van der Waals surface area contributed by atoms with E-state index in [9.17, 15) is 14.4 Å². The minimum absolute atomic E-state index is 0.152. The standard InChI is InChI=1S/C20H21N3O4S/c1-3-13-11-15(20(26)27-4-2)19(28-13)22-18(25)9-10-23-16-8-6-5-7-14(16)17(24)12-21-23/h5-8,11-12H,3-4,9-10H2,1-2H3,(H,22,25). The second-order valence-electron chi connectivity index (χ2n) is 6.08. The number of thiophene rings is 1. The van der Waals surface area contributed by atoms with Crippen molar-refractivity contribution in [2.45, 2.75) is 33.2 Å². The van der Waals surface area contributed by atoms with E-state index in [1.54, 1.807) is 35.9 Å².